The van der Waals surface area contributed by atoms with Crippen LogP contribution in [0.25, 0.3) is 0 Å². The van der Waals surface area contributed by atoms with Crippen molar-refractivity contribution in [2.45, 2.75) is 25.9 Å². The fraction of sp³-hybridized carbons (Fsp3) is 0.364. The average molecular weight is 211 g/mol. The summed E-state index contributed by atoms with van der Waals surface area (Å²) >= 11 is 0. The third-order valence-electron chi connectivity index (χ3n) is 1.96. The highest BCUT2D eigenvalue weighted by atomic mass is 19.1. The summed E-state index contributed by atoms with van der Waals surface area (Å²) in [5, 5.41) is 8.48. The van der Waals surface area contributed by atoms with Gasteiger partial charge >= 0.3 is 0 Å². The van der Waals surface area contributed by atoms with Crippen molar-refractivity contribution in [1.82, 2.24) is 0 Å². The molecule has 1 unspecified atom stereocenters. The number of nitriles is 1. The third kappa shape index (κ3) is 3.21. The van der Waals surface area contributed by atoms with Gasteiger partial charge in [0.1, 0.15) is 11.9 Å². The molecule has 0 aliphatic rings. The SMILES string of the molecule is CCC(CC#N)Oc1ccc(F)cc1F. The van der Waals surface area contributed by atoms with Gasteiger partial charge in [-0.1, -0.05) is 6.92 Å². The minimum Gasteiger partial charge on any atom is -0.486 e. The summed E-state index contributed by atoms with van der Waals surface area (Å²) in [7, 11) is 0. The van der Waals surface area contributed by atoms with E-state index in [1.807, 2.05) is 13.0 Å². The number of nitrogens with zero attached hydrogens (tertiary/aromatic N) is 1. The number of hydrogen-bond acceptors (Lipinski definition) is 2. The smallest absolute Gasteiger partial charge is 0.167 e. The quantitative estimate of drug-likeness (QED) is 0.766. The Kier molecular flexibility index (Phi) is 4.04. The van der Waals surface area contributed by atoms with Crippen LogP contribution in [0, 0.1) is 23.0 Å². The van der Waals surface area contributed by atoms with Crippen LogP contribution in [0.15, 0.2) is 18.2 Å². The van der Waals surface area contributed by atoms with Gasteiger partial charge in [-0.05, 0) is 18.6 Å². The van der Waals surface area contributed by atoms with Gasteiger partial charge in [-0.25, -0.2) is 8.78 Å². The van der Waals surface area contributed by atoms with Crippen molar-refractivity contribution >= 4 is 0 Å². The first-order valence-corrected chi connectivity index (χ1v) is 4.66. The Balaban J connectivity index is 2.75. The molecule has 0 amide bonds. The molecule has 0 aromatic heterocycles. The summed E-state index contributed by atoms with van der Waals surface area (Å²) in [6.45, 7) is 1.84. The number of halogens is 2. The fourth-order valence-electron chi connectivity index (χ4n) is 1.12. The maximum Gasteiger partial charge on any atom is 0.167 e. The monoisotopic (exact) mass is 211 g/mol. The Morgan fingerprint density at radius 2 is 2.20 bits per heavy atom. The molecule has 1 aromatic rings. The fourth-order valence-corrected chi connectivity index (χ4v) is 1.12. The maximum absolute atomic E-state index is 13.1. The van der Waals surface area contributed by atoms with Crippen molar-refractivity contribution in [2.75, 3.05) is 0 Å². The van der Waals surface area contributed by atoms with E-state index in [-0.39, 0.29) is 18.3 Å². The molecule has 2 nitrogen and oxygen atoms in total. The van der Waals surface area contributed by atoms with E-state index in [9.17, 15) is 8.78 Å². The van der Waals surface area contributed by atoms with Crippen LogP contribution in [0.2, 0.25) is 0 Å². The number of rotatable bonds is 4. The van der Waals surface area contributed by atoms with Crippen LogP contribution in [-0.4, -0.2) is 6.10 Å². The average Bonchev–Trinajstić information content (AvgIpc) is 2.21. The Morgan fingerprint density at radius 3 is 2.73 bits per heavy atom. The van der Waals surface area contributed by atoms with Crippen LogP contribution >= 0.6 is 0 Å². The molecule has 0 saturated heterocycles. The summed E-state index contributed by atoms with van der Waals surface area (Å²) in [4.78, 5) is 0. The number of benzene rings is 1. The highest BCUT2D eigenvalue weighted by Gasteiger charge is 2.11. The number of hydrogen-bond donors (Lipinski definition) is 0. The second-order valence-corrected chi connectivity index (χ2v) is 3.09. The lowest BCUT2D eigenvalue weighted by molar-refractivity contribution is 0.193. The van der Waals surface area contributed by atoms with E-state index in [0.29, 0.717) is 6.42 Å². The van der Waals surface area contributed by atoms with Crippen LogP contribution in [0.3, 0.4) is 0 Å². The van der Waals surface area contributed by atoms with E-state index in [4.69, 9.17) is 10.00 Å². The molecule has 0 bridgehead atoms. The standard InChI is InChI=1S/C11H11F2NO/c1-2-9(5-6-14)15-11-4-3-8(12)7-10(11)13/h3-4,7,9H,2,5H2,1H3. The van der Waals surface area contributed by atoms with Gasteiger partial charge in [-0.2, -0.15) is 5.26 Å². The summed E-state index contributed by atoms with van der Waals surface area (Å²) in [6, 6.07) is 5.06. The normalized spacial score (nSPS) is 11.9. The second kappa shape index (κ2) is 5.30. The van der Waals surface area contributed by atoms with E-state index in [1.54, 1.807) is 0 Å². The molecular formula is C11H11F2NO. The minimum absolute atomic E-state index is 0.0153. The zero-order valence-electron chi connectivity index (χ0n) is 8.34. The predicted octanol–water partition coefficient (Wildman–Crippen LogP) is 3.04. The molecule has 1 aromatic carbocycles. The summed E-state index contributed by atoms with van der Waals surface area (Å²) < 4.78 is 30.9. The van der Waals surface area contributed by atoms with Crippen molar-refractivity contribution in [2.24, 2.45) is 0 Å². The molecule has 80 valence electrons. The Bertz CT molecular complexity index is 373. The minimum atomic E-state index is -0.744. The Hall–Kier alpha value is -1.63. The predicted molar refractivity (Wildman–Crippen MR) is 51.3 cm³/mol. The maximum atomic E-state index is 13.1. The molecule has 0 saturated carbocycles. The summed E-state index contributed by atoms with van der Waals surface area (Å²) in [6.07, 6.45) is 0.437. The lowest BCUT2D eigenvalue weighted by atomic mass is 10.2. The molecular weight excluding hydrogens is 200 g/mol. The van der Waals surface area contributed by atoms with Crippen LogP contribution in [0.1, 0.15) is 19.8 Å². The molecule has 15 heavy (non-hydrogen) atoms. The lowest BCUT2D eigenvalue weighted by Gasteiger charge is -2.14. The largest absolute Gasteiger partial charge is 0.486 e. The van der Waals surface area contributed by atoms with Gasteiger partial charge in [0.05, 0.1) is 12.5 Å². The highest BCUT2D eigenvalue weighted by molar-refractivity contribution is 5.25. The first-order chi connectivity index (χ1) is 7.17. The second-order valence-electron chi connectivity index (χ2n) is 3.09. The van der Waals surface area contributed by atoms with Crippen molar-refractivity contribution in [1.29, 1.82) is 5.26 Å². The van der Waals surface area contributed by atoms with Crippen LogP contribution in [0.4, 0.5) is 8.78 Å². The van der Waals surface area contributed by atoms with Crippen molar-refractivity contribution in [3.63, 3.8) is 0 Å². The molecule has 0 radical (unpaired) electrons. The molecule has 0 spiro atoms. The molecule has 0 heterocycles. The molecule has 1 rings (SSSR count). The van der Waals surface area contributed by atoms with Crippen molar-refractivity contribution < 1.29 is 13.5 Å². The van der Waals surface area contributed by atoms with Gasteiger partial charge in [0, 0.05) is 6.07 Å². The van der Waals surface area contributed by atoms with Crippen LogP contribution in [-0.2, 0) is 0 Å². The zero-order chi connectivity index (χ0) is 11.3. The van der Waals surface area contributed by atoms with E-state index in [1.165, 1.54) is 6.07 Å². The highest BCUT2D eigenvalue weighted by Crippen LogP contribution is 2.20. The molecule has 1 atom stereocenters. The molecule has 0 aliphatic heterocycles. The van der Waals surface area contributed by atoms with Crippen LogP contribution in [0.5, 0.6) is 5.75 Å². The Labute approximate surface area is 87.1 Å². The van der Waals surface area contributed by atoms with Gasteiger partial charge in [0.2, 0.25) is 0 Å². The first kappa shape index (κ1) is 11.4. The Morgan fingerprint density at radius 1 is 1.47 bits per heavy atom. The van der Waals surface area contributed by atoms with Gasteiger partial charge in [0.15, 0.2) is 11.6 Å². The molecule has 0 N–H and O–H groups in total. The van der Waals surface area contributed by atoms with Crippen molar-refractivity contribution in [3.8, 4) is 11.8 Å². The topological polar surface area (TPSA) is 33.0 Å². The van der Waals surface area contributed by atoms with Crippen LogP contribution < -0.4 is 4.74 Å². The third-order valence-corrected chi connectivity index (χ3v) is 1.96. The van der Waals surface area contributed by atoms with E-state index in [2.05, 4.69) is 0 Å². The van der Waals surface area contributed by atoms with Crippen molar-refractivity contribution in [3.05, 3.63) is 29.8 Å². The van der Waals surface area contributed by atoms with Gasteiger partial charge in [0.25, 0.3) is 0 Å². The summed E-state index contributed by atoms with van der Waals surface area (Å²) in [5.41, 5.74) is 0. The first-order valence-electron chi connectivity index (χ1n) is 4.66. The van der Waals surface area contributed by atoms with Gasteiger partial charge in [-0.15, -0.1) is 0 Å². The molecule has 0 aliphatic carbocycles. The molecule has 0 fully saturated rings. The van der Waals surface area contributed by atoms with E-state index >= 15 is 0 Å². The summed E-state index contributed by atoms with van der Waals surface area (Å²) in [5.74, 6) is -1.40. The lowest BCUT2D eigenvalue weighted by Crippen LogP contribution is -2.15. The van der Waals surface area contributed by atoms with E-state index < -0.39 is 11.6 Å². The zero-order valence-corrected chi connectivity index (χ0v) is 8.34. The van der Waals surface area contributed by atoms with E-state index in [0.717, 1.165) is 12.1 Å². The molecule has 4 heteroatoms. The van der Waals surface area contributed by atoms with Gasteiger partial charge < -0.3 is 4.74 Å². The van der Waals surface area contributed by atoms with Gasteiger partial charge in [-0.3, -0.25) is 0 Å². The number of ether oxygens (including phenoxy) is 1.